The lowest BCUT2D eigenvalue weighted by atomic mass is 10.1. The molecule has 47 heavy (non-hydrogen) atoms. The van der Waals surface area contributed by atoms with Crippen LogP contribution in [-0.2, 0) is 29.3 Å². The molecule has 0 bridgehead atoms. The van der Waals surface area contributed by atoms with E-state index in [0.717, 1.165) is 29.5 Å². The molecule has 0 aliphatic carbocycles. The highest BCUT2D eigenvalue weighted by Gasteiger charge is 2.35. The van der Waals surface area contributed by atoms with E-state index in [2.05, 4.69) is 9.97 Å². The van der Waals surface area contributed by atoms with E-state index in [1.165, 1.54) is 18.2 Å². The summed E-state index contributed by atoms with van der Waals surface area (Å²) in [7, 11) is -8.32. The van der Waals surface area contributed by atoms with Crippen LogP contribution >= 0.6 is 0 Å². The first-order valence-corrected chi connectivity index (χ1v) is 18.3. The molecule has 2 aromatic heterocycles. The van der Waals surface area contributed by atoms with Crippen molar-refractivity contribution in [2.75, 3.05) is 37.0 Å². The second-order valence-corrected chi connectivity index (χ2v) is 15.0. The predicted octanol–water partition coefficient (Wildman–Crippen LogP) is 3.80. The maximum absolute atomic E-state index is 14.3. The molecule has 1 aliphatic heterocycles. The van der Waals surface area contributed by atoms with E-state index >= 15 is 0 Å². The zero-order valence-electron chi connectivity index (χ0n) is 26.1. The van der Waals surface area contributed by atoms with Crippen LogP contribution in [0.25, 0.3) is 22.3 Å². The number of anilines is 1. The average Bonchev–Trinajstić information content (AvgIpc) is 3.42. The number of benzene rings is 2. The second-order valence-electron chi connectivity index (χ2n) is 11.3. The molecule has 2 aromatic carbocycles. The first-order chi connectivity index (χ1) is 22.3. The Morgan fingerprint density at radius 3 is 2.57 bits per heavy atom. The number of sulfonamides is 1. The number of fused-ring (bicyclic) bond motifs is 1. The lowest BCUT2D eigenvalue weighted by Gasteiger charge is -2.30. The minimum Gasteiger partial charge on any atom is -0.394 e. The van der Waals surface area contributed by atoms with E-state index in [-0.39, 0.29) is 48.5 Å². The number of sulfone groups is 1. The number of rotatable bonds is 13. The van der Waals surface area contributed by atoms with Gasteiger partial charge in [-0.25, -0.2) is 31.5 Å². The van der Waals surface area contributed by atoms with Crippen molar-refractivity contribution in [3.8, 4) is 11.4 Å². The van der Waals surface area contributed by atoms with Gasteiger partial charge in [0.15, 0.2) is 11.1 Å². The van der Waals surface area contributed by atoms with Crippen molar-refractivity contribution in [3.63, 3.8) is 0 Å². The van der Waals surface area contributed by atoms with E-state index in [4.69, 9.17) is 19.7 Å². The lowest BCUT2D eigenvalue weighted by molar-refractivity contribution is -0.387. The SMILES string of the molecule is Cc1cc(-c2nn(C3CCCCO3)c3ccc(N(C(C)CCOCCO)S(=O)(=O)c4ccccc4[N+](=O)[O-])cc23)nc(S(C)(=O)=O)n1. The van der Waals surface area contributed by atoms with Crippen LogP contribution in [0.3, 0.4) is 0 Å². The summed E-state index contributed by atoms with van der Waals surface area (Å²) in [5.41, 5.74) is 1.09. The standard InChI is InChI=1S/C30H36N6O9S2/c1-20-18-24(32-30(31-20)46(3,40)41)29-23-19-22(11-12-25(23)34(33-29)28-10-6-7-15-45-28)35(21(2)13-16-44-17-14-37)47(42,43)27-9-5-4-8-26(27)36(38)39/h4-5,8-9,11-12,18-19,21,28,37H,6-7,10,13-17H2,1-3H3. The van der Waals surface area contributed by atoms with Crippen LogP contribution in [0, 0.1) is 17.0 Å². The molecule has 4 aromatic rings. The van der Waals surface area contributed by atoms with Gasteiger partial charge < -0.3 is 14.6 Å². The van der Waals surface area contributed by atoms with Gasteiger partial charge >= 0.3 is 0 Å². The minimum atomic E-state index is -4.53. The van der Waals surface area contributed by atoms with Crippen LogP contribution < -0.4 is 4.31 Å². The van der Waals surface area contributed by atoms with Gasteiger partial charge in [-0.3, -0.25) is 14.4 Å². The van der Waals surface area contributed by atoms with Gasteiger partial charge in [0, 0.05) is 42.7 Å². The summed E-state index contributed by atoms with van der Waals surface area (Å²) >= 11 is 0. The van der Waals surface area contributed by atoms with Crippen molar-refractivity contribution >= 4 is 42.1 Å². The molecule has 17 heteroatoms. The lowest BCUT2D eigenvalue weighted by Crippen LogP contribution is -2.39. The Balaban J connectivity index is 1.73. The maximum atomic E-state index is 14.3. The van der Waals surface area contributed by atoms with Crippen molar-refractivity contribution in [3.05, 3.63) is 64.3 Å². The fraction of sp³-hybridized carbons (Fsp3) is 0.433. The van der Waals surface area contributed by atoms with Gasteiger partial charge in [-0.15, -0.1) is 0 Å². The molecule has 1 fully saturated rings. The monoisotopic (exact) mass is 688 g/mol. The van der Waals surface area contributed by atoms with Crippen LogP contribution in [0.15, 0.2) is 58.6 Å². The number of nitro benzene ring substituents is 1. The summed E-state index contributed by atoms with van der Waals surface area (Å²) in [5, 5.41) is 25.9. The van der Waals surface area contributed by atoms with E-state index < -0.39 is 47.6 Å². The number of aliphatic hydroxyl groups is 1. The van der Waals surface area contributed by atoms with Gasteiger partial charge in [0.05, 0.1) is 35.0 Å². The van der Waals surface area contributed by atoms with Crippen molar-refractivity contribution in [2.24, 2.45) is 0 Å². The summed E-state index contributed by atoms with van der Waals surface area (Å²) in [5.74, 6) is 0. The van der Waals surface area contributed by atoms with Crippen molar-refractivity contribution < 1.29 is 36.3 Å². The minimum absolute atomic E-state index is 0.0647. The fourth-order valence-corrected chi connectivity index (χ4v) is 7.93. The Morgan fingerprint density at radius 2 is 1.89 bits per heavy atom. The molecule has 0 saturated carbocycles. The molecule has 0 amide bonds. The molecular formula is C30H36N6O9S2. The van der Waals surface area contributed by atoms with Crippen molar-refractivity contribution in [2.45, 2.75) is 61.9 Å². The molecular weight excluding hydrogens is 652 g/mol. The Labute approximate surface area is 272 Å². The van der Waals surface area contributed by atoms with Crippen LogP contribution in [-0.4, -0.2) is 85.3 Å². The number of nitro groups is 1. The number of hydrogen-bond acceptors (Lipinski definition) is 12. The molecule has 5 rings (SSSR count). The van der Waals surface area contributed by atoms with Crippen molar-refractivity contribution in [1.29, 1.82) is 0 Å². The highest BCUT2D eigenvalue weighted by atomic mass is 32.2. The molecule has 1 aliphatic rings. The number of aromatic nitrogens is 4. The predicted molar refractivity (Wildman–Crippen MR) is 172 cm³/mol. The average molecular weight is 689 g/mol. The molecule has 1 N–H and O–H groups in total. The summed E-state index contributed by atoms with van der Waals surface area (Å²) in [6.45, 7) is 3.80. The van der Waals surface area contributed by atoms with Gasteiger partial charge in [0.25, 0.3) is 15.7 Å². The molecule has 0 radical (unpaired) electrons. The Hall–Kier alpha value is -4.03. The first kappa shape index (κ1) is 34.3. The number of aliphatic hydroxyl groups excluding tert-OH is 1. The topological polar surface area (TPSA) is 197 Å². The third kappa shape index (κ3) is 7.28. The third-order valence-electron chi connectivity index (χ3n) is 7.70. The van der Waals surface area contributed by atoms with Crippen LogP contribution in [0.5, 0.6) is 0 Å². The largest absolute Gasteiger partial charge is 0.394 e. The zero-order valence-corrected chi connectivity index (χ0v) is 27.8. The highest BCUT2D eigenvalue weighted by molar-refractivity contribution is 7.93. The number of para-hydroxylation sites is 1. The van der Waals surface area contributed by atoms with Crippen molar-refractivity contribution in [1.82, 2.24) is 19.7 Å². The van der Waals surface area contributed by atoms with Crippen LogP contribution in [0.1, 0.15) is 44.5 Å². The number of aryl methyl sites for hydroxylation is 1. The molecule has 3 heterocycles. The van der Waals surface area contributed by atoms with Crippen LogP contribution in [0.2, 0.25) is 0 Å². The van der Waals surface area contributed by atoms with Gasteiger partial charge in [-0.05, 0) is 69.9 Å². The number of hydrogen-bond donors (Lipinski definition) is 1. The maximum Gasteiger partial charge on any atom is 0.289 e. The third-order valence-corrected chi connectivity index (χ3v) is 10.5. The Bertz CT molecular complexity index is 1990. The highest BCUT2D eigenvalue weighted by Crippen LogP contribution is 2.38. The molecule has 252 valence electrons. The second kappa shape index (κ2) is 14.0. The van der Waals surface area contributed by atoms with Crippen LogP contribution in [0.4, 0.5) is 11.4 Å². The van der Waals surface area contributed by atoms with Gasteiger partial charge in [0.2, 0.25) is 15.0 Å². The molecule has 2 atom stereocenters. The smallest absolute Gasteiger partial charge is 0.289 e. The fourth-order valence-electron chi connectivity index (χ4n) is 5.52. The Kier molecular flexibility index (Phi) is 10.2. The summed E-state index contributed by atoms with van der Waals surface area (Å²) in [6.07, 6.45) is 3.27. The van der Waals surface area contributed by atoms with E-state index in [1.807, 2.05) is 0 Å². The Morgan fingerprint density at radius 1 is 1.13 bits per heavy atom. The normalized spacial score (nSPS) is 16.3. The first-order valence-electron chi connectivity index (χ1n) is 15.0. The van der Waals surface area contributed by atoms with Gasteiger partial charge in [0.1, 0.15) is 5.69 Å². The molecule has 15 nitrogen and oxygen atoms in total. The number of ether oxygens (including phenoxy) is 2. The van der Waals surface area contributed by atoms with E-state index in [9.17, 15) is 26.9 Å². The van der Waals surface area contributed by atoms with Gasteiger partial charge in [-0.1, -0.05) is 12.1 Å². The van der Waals surface area contributed by atoms with E-state index in [0.29, 0.717) is 29.6 Å². The molecule has 0 spiro atoms. The number of nitrogens with zero attached hydrogens (tertiary/aromatic N) is 6. The molecule has 2 unspecified atom stereocenters. The quantitative estimate of drug-likeness (QED) is 0.0925. The van der Waals surface area contributed by atoms with Gasteiger partial charge in [-0.2, -0.15) is 5.10 Å². The summed E-state index contributed by atoms with van der Waals surface area (Å²) in [4.78, 5) is 19.1. The van der Waals surface area contributed by atoms with E-state index in [1.54, 1.807) is 42.8 Å². The summed E-state index contributed by atoms with van der Waals surface area (Å²) < 4.78 is 67.8. The summed E-state index contributed by atoms with van der Waals surface area (Å²) in [6, 6.07) is 10.9. The molecule has 1 saturated heterocycles. The zero-order chi connectivity index (χ0) is 33.9.